The van der Waals surface area contributed by atoms with Gasteiger partial charge >= 0.3 is 12.1 Å². The second-order valence-corrected chi connectivity index (χ2v) is 4.59. The van der Waals surface area contributed by atoms with Gasteiger partial charge in [0.1, 0.15) is 5.75 Å². The van der Waals surface area contributed by atoms with Gasteiger partial charge in [-0.15, -0.1) is 0 Å². The molecule has 2 N–H and O–H groups in total. The van der Waals surface area contributed by atoms with Crippen LogP contribution in [0.15, 0.2) is 30.3 Å². The first kappa shape index (κ1) is 16.0. The van der Waals surface area contributed by atoms with E-state index < -0.39 is 12.1 Å². The molecule has 0 fully saturated rings. The van der Waals surface area contributed by atoms with Crippen molar-refractivity contribution in [2.75, 3.05) is 0 Å². The Morgan fingerprint density at radius 1 is 1.25 bits per heavy atom. The molecule has 0 aliphatic carbocycles. The molecule has 5 nitrogen and oxygen atoms in total. The van der Waals surface area contributed by atoms with Gasteiger partial charge in [-0.25, -0.2) is 4.79 Å². The van der Waals surface area contributed by atoms with E-state index in [4.69, 9.17) is 9.84 Å². The summed E-state index contributed by atoms with van der Waals surface area (Å²) < 4.78 is 5.15. The molecule has 0 radical (unpaired) electrons. The van der Waals surface area contributed by atoms with E-state index in [0.717, 1.165) is 19.3 Å². The molecule has 110 valence electrons. The Balaban J connectivity index is 2.28. The molecule has 0 bridgehead atoms. The summed E-state index contributed by atoms with van der Waals surface area (Å²) in [5.74, 6) is -0.278. The van der Waals surface area contributed by atoms with E-state index in [1.165, 1.54) is 0 Å². The number of hydrogen-bond acceptors (Lipinski definition) is 3. The Kier molecular flexibility index (Phi) is 7.17. The van der Waals surface area contributed by atoms with Crippen LogP contribution in [0.25, 0.3) is 0 Å². The van der Waals surface area contributed by atoms with Gasteiger partial charge in [0.25, 0.3) is 0 Å². The van der Waals surface area contributed by atoms with Crippen LogP contribution in [0.3, 0.4) is 0 Å². The van der Waals surface area contributed by atoms with E-state index in [-0.39, 0.29) is 12.5 Å². The van der Waals surface area contributed by atoms with Crippen LogP contribution in [0.1, 0.15) is 39.0 Å². The molecule has 0 saturated carbocycles. The molecule has 1 aromatic carbocycles. The topological polar surface area (TPSA) is 75.6 Å². The lowest BCUT2D eigenvalue weighted by molar-refractivity contribution is -0.137. The number of benzene rings is 1. The number of unbranched alkanes of at least 4 members (excludes halogenated alkanes) is 1. The predicted octanol–water partition coefficient (Wildman–Crippen LogP) is 3.20. The highest BCUT2D eigenvalue weighted by molar-refractivity contribution is 5.70. The van der Waals surface area contributed by atoms with Crippen LogP contribution in [-0.4, -0.2) is 23.2 Å². The van der Waals surface area contributed by atoms with Gasteiger partial charge in [-0.3, -0.25) is 4.79 Å². The van der Waals surface area contributed by atoms with Crippen LogP contribution in [0, 0.1) is 0 Å². The minimum absolute atomic E-state index is 0.0139. The molecular weight excluding hydrogens is 258 g/mol. The average Bonchev–Trinajstić information content (AvgIpc) is 2.43. The second kappa shape index (κ2) is 8.96. The number of rotatable bonds is 8. The van der Waals surface area contributed by atoms with Crippen LogP contribution in [0.5, 0.6) is 5.75 Å². The number of carbonyl (C=O) groups excluding carboxylic acids is 1. The molecule has 1 amide bonds. The summed E-state index contributed by atoms with van der Waals surface area (Å²) >= 11 is 0. The number of nitrogens with one attached hydrogen (secondary N) is 1. The zero-order valence-electron chi connectivity index (χ0n) is 11.7. The van der Waals surface area contributed by atoms with Crippen LogP contribution in [0.2, 0.25) is 0 Å². The largest absolute Gasteiger partial charge is 0.481 e. The number of aliphatic carboxylic acids is 1. The van der Waals surface area contributed by atoms with E-state index in [1.807, 2.05) is 13.0 Å². The van der Waals surface area contributed by atoms with Gasteiger partial charge in [0.2, 0.25) is 0 Å². The summed E-state index contributed by atoms with van der Waals surface area (Å²) in [6, 6.07) is 8.89. The molecule has 1 rings (SSSR count). The van der Waals surface area contributed by atoms with Gasteiger partial charge in [0.05, 0.1) is 0 Å². The molecule has 0 saturated heterocycles. The van der Waals surface area contributed by atoms with Crippen molar-refractivity contribution in [1.82, 2.24) is 5.32 Å². The van der Waals surface area contributed by atoms with Gasteiger partial charge in [-0.2, -0.15) is 0 Å². The van der Waals surface area contributed by atoms with Crippen LogP contribution >= 0.6 is 0 Å². The quantitative estimate of drug-likeness (QED) is 0.716. The maximum atomic E-state index is 11.7. The Morgan fingerprint density at radius 3 is 2.55 bits per heavy atom. The van der Waals surface area contributed by atoms with E-state index in [9.17, 15) is 9.59 Å². The van der Waals surface area contributed by atoms with Gasteiger partial charge in [-0.1, -0.05) is 31.5 Å². The Labute approximate surface area is 118 Å². The zero-order chi connectivity index (χ0) is 14.8. The molecule has 20 heavy (non-hydrogen) atoms. The Morgan fingerprint density at radius 2 is 1.95 bits per heavy atom. The first-order valence-electron chi connectivity index (χ1n) is 6.87. The van der Waals surface area contributed by atoms with Crippen LogP contribution < -0.4 is 10.1 Å². The molecule has 0 heterocycles. The molecule has 1 aromatic rings. The zero-order valence-corrected chi connectivity index (χ0v) is 11.7. The number of ether oxygens (including phenoxy) is 1. The maximum Gasteiger partial charge on any atom is 0.412 e. The third kappa shape index (κ3) is 6.78. The highest BCUT2D eigenvalue weighted by Gasteiger charge is 2.12. The summed E-state index contributed by atoms with van der Waals surface area (Å²) in [7, 11) is 0. The van der Waals surface area contributed by atoms with Crippen molar-refractivity contribution >= 4 is 12.1 Å². The number of hydrogen-bond donors (Lipinski definition) is 2. The lowest BCUT2D eigenvalue weighted by Gasteiger charge is -2.16. The van der Waals surface area contributed by atoms with Crippen molar-refractivity contribution in [3.8, 4) is 5.75 Å². The Hall–Kier alpha value is -2.04. The van der Waals surface area contributed by atoms with Crippen molar-refractivity contribution in [2.45, 2.75) is 45.1 Å². The van der Waals surface area contributed by atoms with Gasteiger partial charge in [0, 0.05) is 12.5 Å². The molecule has 5 heteroatoms. The summed E-state index contributed by atoms with van der Waals surface area (Å²) in [5, 5.41) is 11.4. The summed E-state index contributed by atoms with van der Waals surface area (Å²) in [6.45, 7) is 1.98. The number of carbonyl (C=O) groups is 2. The fourth-order valence-electron chi connectivity index (χ4n) is 1.84. The first-order valence-corrected chi connectivity index (χ1v) is 6.87. The van der Waals surface area contributed by atoms with E-state index >= 15 is 0 Å². The van der Waals surface area contributed by atoms with Crippen molar-refractivity contribution in [3.63, 3.8) is 0 Å². The molecule has 0 aliphatic rings. The van der Waals surface area contributed by atoms with Gasteiger partial charge in [0.15, 0.2) is 0 Å². The molecule has 0 spiro atoms. The third-order valence-corrected chi connectivity index (χ3v) is 2.96. The highest BCUT2D eigenvalue weighted by atomic mass is 16.6. The monoisotopic (exact) mass is 279 g/mol. The maximum absolute atomic E-state index is 11.7. The summed E-state index contributed by atoms with van der Waals surface area (Å²) in [6.07, 6.45) is 2.65. The number of carboxylic acids is 1. The SMILES string of the molecule is CCC(CCCCC(=O)O)NC(=O)Oc1ccccc1. The standard InChI is InChI=1S/C15H21NO4/c1-2-12(8-6-7-11-14(17)18)16-15(19)20-13-9-4-3-5-10-13/h3-5,9-10,12H,2,6-8,11H2,1H3,(H,16,19)(H,17,18). The molecule has 0 aromatic heterocycles. The molecule has 1 unspecified atom stereocenters. The van der Waals surface area contributed by atoms with Crippen LogP contribution in [0.4, 0.5) is 4.79 Å². The second-order valence-electron chi connectivity index (χ2n) is 4.59. The minimum Gasteiger partial charge on any atom is -0.481 e. The van der Waals surface area contributed by atoms with Crippen molar-refractivity contribution < 1.29 is 19.4 Å². The van der Waals surface area contributed by atoms with E-state index in [0.29, 0.717) is 12.2 Å². The highest BCUT2D eigenvalue weighted by Crippen LogP contribution is 2.10. The summed E-state index contributed by atoms with van der Waals surface area (Å²) in [5.41, 5.74) is 0. The number of carboxylic acid groups (broad SMARTS) is 1. The normalized spacial score (nSPS) is 11.7. The number of amides is 1. The van der Waals surface area contributed by atoms with Crippen molar-refractivity contribution in [1.29, 1.82) is 0 Å². The first-order chi connectivity index (χ1) is 9.61. The fourth-order valence-corrected chi connectivity index (χ4v) is 1.84. The molecule has 1 atom stereocenters. The molecule has 0 aliphatic heterocycles. The third-order valence-electron chi connectivity index (χ3n) is 2.96. The number of para-hydroxylation sites is 1. The predicted molar refractivity (Wildman–Crippen MR) is 75.8 cm³/mol. The van der Waals surface area contributed by atoms with Crippen LogP contribution in [-0.2, 0) is 4.79 Å². The fraction of sp³-hybridized carbons (Fsp3) is 0.467. The minimum atomic E-state index is -0.783. The van der Waals surface area contributed by atoms with E-state index in [1.54, 1.807) is 24.3 Å². The van der Waals surface area contributed by atoms with Gasteiger partial charge < -0.3 is 15.2 Å². The van der Waals surface area contributed by atoms with Crippen molar-refractivity contribution in [2.24, 2.45) is 0 Å². The van der Waals surface area contributed by atoms with Crippen molar-refractivity contribution in [3.05, 3.63) is 30.3 Å². The lowest BCUT2D eigenvalue weighted by atomic mass is 10.1. The summed E-state index contributed by atoms with van der Waals surface area (Å²) in [4.78, 5) is 22.1. The van der Waals surface area contributed by atoms with E-state index in [2.05, 4.69) is 5.32 Å². The Bertz CT molecular complexity index is 419. The van der Waals surface area contributed by atoms with Gasteiger partial charge in [-0.05, 0) is 31.4 Å². The smallest absolute Gasteiger partial charge is 0.412 e. The lowest BCUT2D eigenvalue weighted by Crippen LogP contribution is -2.36. The molecular formula is C15H21NO4. The average molecular weight is 279 g/mol.